The van der Waals surface area contributed by atoms with E-state index < -0.39 is 0 Å². The maximum Gasteiger partial charge on any atom is 0.264 e. The summed E-state index contributed by atoms with van der Waals surface area (Å²) < 4.78 is 13.9. The van der Waals surface area contributed by atoms with Gasteiger partial charge in [0.2, 0.25) is 0 Å². The van der Waals surface area contributed by atoms with Gasteiger partial charge in [0.1, 0.15) is 5.82 Å². The summed E-state index contributed by atoms with van der Waals surface area (Å²) in [6.07, 6.45) is 1.56. The van der Waals surface area contributed by atoms with Crippen molar-refractivity contribution in [3.05, 3.63) is 64.3 Å². The summed E-state index contributed by atoms with van der Waals surface area (Å²) in [5, 5.41) is 2.84. The SMILES string of the molecule is CC(C)NC(=O)c1ccc2c(c1)N(C)C(=O)/C(=C/c1ccccc1F)S2. The van der Waals surface area contributed by atoms with Crippen molar-refractivity contribution in [2.24, 2.45) is 0 Å². The molecule has 4 nitrogen and oxygen atoms in total. The van der Waals surface area contributed by atoms with Gasteiger partial charge in [-0.1, -0.05) is 30.0 Å². The van der Waals surface area contributed by atoms with E-state index in [9.17, 15) is 14.0 Å². The number of hydrogen-bond acceptors (Lipinski definition) is 3. The molecular weight excluding hydrogens is 351 g/mol. The molecule has 2 amide bonds. The largest absolute Gasteiger partial charge is 0.350 e. The lowest BCUT2D eigenvalue weighted by Gasteiger charge is -2.27. The number of carbonyl (C=O) groups excluding carboxylic acids is 2. The number of benzene rings is 2. The zero-order valence-corrected chi connectivity index (χ0v) is 15.6. The summed E-state index contributed by atoms with van der Waals surface area (Å²) in [7, 11) is 1.65. The third kappa shape index (κ3) is 3.65. The van der Waals surface area contributed by atoms with Crippen LogP contribution in [0.15, 0.2) is 52.3 Å². The summed E-state index contributed by atoms with van der Waals surface area (Å²) in [5.74, 6) is -0.781. The van der Waals surface area contributed by atoms with Crippen LogP contribution < -0.4 is 10.2 Å². The Balaban J connectivity index is 1.95. The van der Waals surface area contributed by atoms with Crippen LogP contribution >= 0.6 is 11.8 Å². The van der Waals surface area contributed by atoms with Gasteiger partial charge >= 0.3 is 0 Å². The van der Waals surface area contributed by atoms with Gasteiger partial charge in [-0.2, -0.15) is 0 Å². The zero-order chi connectivity index (χ0) is 18.8. The fraction of sp³-hybridized carbons (Fsp3) is 0.200. The molecule has 3 rings (SSSR count). The highest BCUT2D eigenvalue weighted by molar-refractivity contribution is 8.04. The molecular formula is C20H19FN2O2S. The quantitative estimate of drug-likeness (QED) is 0.829. The highest BCUT2D eigenvalue weighted by Crippen LogP contribution is 2.42. The summed E-state index contributed by atoms with van der Waals surface area (Å²) >= 11 is 1.28. The van der Waals surface area contributed by atoms with Gasteiger partial charge in [-0.15, -0.1) is 0 Å². The molecule has 0 saturated heterocycles. The zero-order valence-electron chi connectivity index (χ0n) is 14.7. The average Bonchev–Trinajstić information content (AvgIpc) is 2.60. The van der Waals surface area contributed by atoms with Crippen LogP contribution in [0.4, 0.5) is 10.1 Å². The predicted molar refractivity (Wildman–Crippen MR) is 103 cm³/mol. The van der Waals surface area contributed by atoms with Crippen LogP contribution in [0.5, 0.6) is 0 Å². The second-order valence-electron chi connectivity index (χ2n) is 6.31. The topological polar surface area (TPSA) is 49.4 Å². The number of nitrogens with zero attached hydrogens (tertiary/aromatic N) is 1. The second-order valence-corrected chi connectivity index (χ2v) is 7.39. The molecule has 0 saturated carbocycles. The Labute approximate surface area is 156 Å². The van der Waals surface area contributed by atoms with Gasteiger partial charge in [0.25, 0.3) is 11.8 Å². The number of anilines is 1. The Bertz CT molecular complexity index is 908. The number of hydrogen-bond donors (Lipinski definition) is 1. The molecule has 2 aromatic rings. The number of fused-ring (bicyclic) bond motifs is 1. The Morgan fingerprint density at radius 2 is 1.96 bits per heavy atom. The van der Waals surface area contributed by atoms with Crippen LogP contribution in [0.1, 0.15) is 29.8 Å². The lowest BCUT2D eigenvalue weighted by atomic mass is 10.1. The molecule has 0 aromatic heterocycles. The maximum atomic E-state index is 13.9. The van der Waals surface area contributed by atoms with Gasteiger partial charge in [0.15, 0.2) is 0 Å². The molecule has 134 valence electrons. The van der Waals surface area contributed by atoms with Crippen LogP contribution in [-0.4, -0.2) is 24.9 Å². The van der Waals surface area contributed by atoms with Crippen molar-refractivity contribution >= 4 is 35.3 Å². The van der Waals surface area contributed by atoms with Gasteiger partial charge in [-0.05, 0) is 44.2 Å². The van der Waals surface area contributed by atoms with Crippen LogP contribution in [0, 0.1) is 5.82 Å². The Kier molecular flexibility index (Phi) is 5.13. The van der Waals surface area contributed by atoms with Crippen molar-refractivity contribution in [1.29, 1.82) is 0 Å². The number of thioether (sulfide) groups is 1. The minimum absolute atomic E-state index is 0.0302. The maximum absolute atomic E-state index is 13.9. The monoisotopic (exact) mass is 370 g/mol. The molecule has 2 aromatic carbocycles. The number of rotatable bonds is 3. The molecule has 0 atom stereocenters. The fourth-order valence-electron chi connectivity index (χ4n) is 2.61. The minimum Gasteiger partial charge on any atom is -0.350 e. The van der Waals surface area contributed by atoms with E-state index in [4.69, 9.17) is 0 Å². The molecule has 1 N–H and O–H groups in total. The first-order valence-corrected chi connectivity index (χ1v) is 9.05. The number of likely N-dealkylation sites (N-methyl/N-ethyl adjacent to an activating group) is 1. The third-order valence-electron chi connectivity index (χ3n) is 3.93. The first kappa shape index (κ1) is 18.2. The molecule has 1 aliphatic rings. The second kappa shape index (κ2) is 7.33. The van der Waals surface area contributed by atoms with Gasteiger partial charge in [0.05, 0.1) is 10.6 Å². The molecule has 0 bridgehead atoms. The highest BCUT2D eigenvalue weighted by Gasteiger charge is 2.27. The van der Waals surface area contributed by atoms with Gasteiger partial charge in [0, 0.05) is 29.1 Å². The van der Waals surface area contributed by atoms with Gasteiger partial charge < -0.3 is 10.2 Å². The van der Waals surface area contributed by atoms with Crippen LogP contribution in [-0.2, 0) is 4.79 Å². The third-order valence-corrected chi connectivity index (χ3v) is 5.01. The van der Waals surface area contributed by atoms with E-state index >= 15 is 0 Å². The first-order chi connectivity index (χ1) is 12.4. The minimum atomic E-state index is -0.373. The smallest absolute Gasteiger partial charge is 0.264 e. The van der Waals surface area contributed by atoms with Crippen molar-refractivity contribution in [2.45, 2.75) is 24.8 Å². The lowest BCUT2D eigenvalue weighted by Crippen LogP contribution is -2.32. The number of carbonyl (C=O) groups is 2. The number of amides is 2. The molecule has 6 heteroatoms. The predicted octanol–water partition coefficient (Wildman–Crippen LogP) is 4.07. The van der Waals surface area contributed by atoms with E-state index in [-0.39, 0.29) is 23.7 Å². The van der Waals surface area contributed by atoms with Gasteiger partial charge in [-0.25, -0.2) is 4.39 Å². The van der Waals surface area contributed by atoms with E-state index in [1.807, 2.05) is 19.9 Å². The Hall–Kier alpha value is -2.60. The van der Waals surface area contributed by atoms with Crippen molar-refractivity contribution < 1.29 is 14.0 Å². The molecule has 0 aliphatic carbocycles. The Morgan fingerprint density at radius 3 is 2.65 bits per heavy atom. The lowest BCUT2D eigenvalue weighted by molar-refractivity contribution is -0.114. The van der Waals surface area contributed by atoms with E-state index in [2.05, 4.69) is 5.32 Å². The molecule has 0 unspecified atom stereocenters. The van der Waals surface area contributed by atoms with Gasteiger partial charge in [-0.3, -0.25) is 9.59 Å². The fourth-order valence-corrected chi connectivity index (χ4v) is 3.70. The normalized spacial score (nSPS) is 15.3. The van der Waals surface area contributed by atoms with Crippen LogP contribution in [0.3, 0.4) is 0 Å². The van der Waals surface area contributed by atoms with E-state index in [0.717, 1.165) is 4.90 Å². The van der Waals surface area contributed by atoms with Crippen LogP contribution in [0.25, 0.3) is 6.08 Å². The summed E-state index contributed by atoms with van der Waals surface area (Å²) in [4.78, 5) is 27.6. The number of nitrogens with one attached hydrogen (secondary N) is 1. The van der Waals surface area contributed by atoms with E-state index in [0.29, 0.717) is 21.7 Å². The average molecular weight is 370 g/mol. The standard InChI is InChI=1S/C20H19FN2O2S/c1-12(2)22-19(24)14-8-9-17-16(10-14)23(3)20(25)18(26-17)11-13-6-4-5-7-15(13)21/h4-12H,1-3H3,(H,22,24)/b18-11-. The molecule has 0 radical (unpaired) electrons. The number of halogens is 1. The Morgan fingerprint density at radius 1 is 1.23 bits per heavy atom. The summed E-state index contributed by atoms with van der Waals surface area (Å²) in [5.41, 5.74) is 1.54. The first-order valence-electron chi connectivity index (χ1n) is 8.24. The van der Waals surface area contributed by atoms with Crippen LogP contribution in [0.2, 0.25) is 0 Å². The van der Waals surface area contributed by atoms with Crippen molar-refractivity contribution in [3.63, 3.8) is 0 Å². The van der Waals surface area contributed by atoms with E-state index in [1.54, 1.807) is 43.5 Å². The molecule has 26 heavy (non-hydrogen) atoms. The van der Waals surface area contributed by atoms with Crippen molar-refractivity contribution in [2.75, 3.05) is 11.9 Å². The summed E-state index contributed by atoms with van der Waals surface area (Å²) in [6.45, 7) is 3.78. The highest BCUT2D eigenvalue weighted by atomic mass is 32.2. The van der Waals surface area contributed by atoms with Crippen molar-refractivity contribution in [1.82, 2.24) is 5.32 Å². The molecule has 0 fully saturated rings. The summed E-state index contributed by atoms with van der Waals surface area (Å²) in [6, 6.07) is 11.6. The van der Waals surface area contributed by atoms with E-state index in [1.165, 1.54) is 22.7 Å². The molecule has 0 spiro atoms. The molecule has 1 aliphatic heterocycles. The molecule has 1 heterocycles. The van der Waals surface area contributed by atoms with Crippen molar-refractivity contribution in [3.8, 4) is 0 Å².